The SMILES string of the molecule is CC1CC(Cn2ccc3nc(-c4cnn(C5CCCCO5)c4)ccc32)CN1Cc1ccccc1. The zero-order valence-electron chi connectivity index (χ0n) is 19.9. The molecule has 2 aliphatic rings. The molecule has 2 aliphatic heterocycles. The average molecular weight is 456 g/mol. The minimum absolute atomic E-state index is 0.0579. The highest BCUT2D eigenvalue weighted by Gasteiger charge is 2.29. The molecule has 6 rings (SSSR count). The Hall–Kier alpha value is -2.96. The van der Waals surface area contributed by atoms with Crippen LogP contribution in [0.1, 0.15) is 44.4 Å². The summed E-state index contributed by atoms with van der Waals surface area (Å²) in [4.78, 5) is 7.58. The first kappa shape index (κ1) is 21.6. The van der Waals surface area contributed by atoms with Crippen molar-refractivity contribution in [3.63, 3.8) is 0 Å². The van der Waals surface area contributed by atoms with Gasteiger partial charge in [-0.3, -0.25) is 4.90 Å². The van der Waals surface area contributed by atoms with Crippen LogP contribution in [-0.2, 0) is 17.8 Å². The van der Waals surface area contributed by atoms with Crippen molar-refractivity contribution in [2.24, 2.45) is 5.92 Å². The van der Waals surface area contributed by atoms with E-state index >= 15 is 0 Å². The van der Waals surface area contributed by atoms with Gasteiger partial charge < -0.3 is 9.30 Å². The second kappa shape index (κ2) is 9.35. The Morgan fingerprint density at radius 1 is 1.06 bits per heavy atom. The molecule has 6 heteroatoms. The summed E-state index contributed by atoms with van der Waals surface area (Å²) in [5.74, 6) is 0.655. The third-order valence-corrected chi connectivity index (χ3v) is 7.45. The first-order chi connectivity index (χ1) is 16.7. The summed E-state index contributed by atoms with van der Waals surface area (Å²) < 4.78 is 10.2. The van der Waals surface area contributed by atoms with Crippen molar-refractivity contribution in [3.8, 4) is 11.3 Å². The van der Waals surface area contributed by atoms with Crippen LogP contribution < -0.4 is 0 Å². The summed E-state index contributed by atoms with van der Waals surface area (Å²) in [6.07, 6.45) is 10.8. The van der Waals surface area contributed by atoms with E-state index in [9.17, 15) is 0 Å². The molecule has 1 aromatic carbocycles. The molecular formula is C28H33N5O. The summed E-state index contributed by atoms with van der Waals surface area (Å²) in [6, 6.07) is 17.9. The minimum atomic E-state index is 0.0579. The van der Waals surface area contributed by atoms with Crippen molar-refractivity contribution in [3.05, 3.63) is 72.7 Å². The number of pyridine rings is 1. The highest BCUT2D eigenvalue weighted by molar-refractivity contribution is 5.79. The van der Waals surface area contributed by atoms with Gasteiger partial charge in [0.15, 0.2) is 0 Å². The molecule has 0 bridgehead atoms. The van der Waals surface area contributed by atoms with Gasteiger partial charge in [0.25, 0.3) is 0 Å². The lowest BCUT2D eigenvalue weighted by atomic mass is 10.1. The first-order valence-corrected chi connectivity index (χ1v) is 12.6. The van der Waals surface area contributed by atoms with Crippen molar-refractivity contribution < 1.29 is 4.74 Å². The number of hydrogen-bond donors (Lipinski definition) is 0. The van der Waals surface area contributed by atoms with Crippen LogP contribution in [0.25, 0.3) is 22.3 Å². The zero-order valence-corrected chi connectivity index (χ0v) is 19.9. The van der Waals surface area contributed by atoms with Crippen LogP contribution in [0.4, 0.5) is 0 Å². The van der Waals surface area contributed by atoms with Crippen LogP contribution in [0.5, 0.6) is 0 Å². The van der Waals surface area contributed by atoms with Gasteiger partial charge in [0.2, 0.25) is 0 Å². The molecule has 0 aliphatic carbocycles. The number of fused-ring (bicyclic) bond motifs is 1. The zero-order chi connectivity index (χ0) is 22.9. The second-order valence-electron chi connectivity index (χ2n) is 9.96. The molecule has 5 heterocycles. The molecule has 0 saturated carbocycles. The van der Waals surface area contributed by atoms with Crippen molar-refractivity contribution >= 4 is 11.0 Å². The predicted octanol–water partition coefficient (Wildman–Crippen LogP) is 5.51. The fourth-order valence-electron chi connectivity index (χ4n) is 5.62. The number of hydrogen-bond acceptors (Lipinski definition) is 4. The van der Waals surface area contributed by atoms with E-state index in [1.165, 1.54) is 23.9 Å². The van der Waals surface area contributed by atoms with Gasteiger partial charge in [0.05, 0.1) is 22.9 Å². The Balaban J connectivity index is 1.14. The molecule has 2 fully saturated rings. The van der Waals surface area contributed by atoms with Crippen LogP contribution in [0, 0.1) is 5.92 Å². The number of likely N-dealkylation sites (tertiary alicyclic amines) is 1. The fourth-order valence-corrected chi connectivity index (χ4v) is 5.62. The van der Waals surface area contributed by atoms with Crippen molar-refractivity contribution in [1.29, 1.82) is 0 Å². The number of rotatable bonds is 6. The Morgan fingerprint density at radius 3 is 2.82 bits per heavy atom. The van der Waals surface area contributed by atoms with Gasteiger partial charge in [0, 0.05) is 50.2 Å². The van der Waals surface area contributed by atoms with Gasteiger partial charge >= 0.3 is 0 Å². The third-order valence-electron chi connectivity index (χ3n) is 7.45. The maximum atomic E-state index is 5.87. The van der Waals surface area contributed by atoms with Gasteiger partial charge in [-0.15, -0.1) is 0 Å². The summed E-state index contributed by atoms with van der Waals surface area (Å²) in [6.45, 7) is 6.40. The number of aromatic nitrogens is 4. The van der Waals surface area contributed by atoms with E-state index in [0.717, 1.165) is 55.9 Å². The van der Waals surface area contributed by atoms with E-state index < -0.39 is 0 Å². The van der Waals surface area contributed by atoms with Crippen LogP contribution in [0.2, 0.25) is 0 Å². The molecule has 6 nitrogen and oxygen atoms in total. The summed E-state index contributed by atoms with van der Waals surface area (Å²) >= 11 is 0. The Kier molecular flexibility index (Phi) is 5.93. The lowest BCUT2D eigenvalue weighted by molar-refractivity contribution is -0.0394. The van der Waals surface area contributed by atoms with Gasteiger partial charge in [0.1, 0.15) is 6.23 Å². The van der Waals surface area contributed by atoms with Crippen molar-refractivity contribution in [2.75, 3.05) is 13.2 Å². The highest BCUT2D eigenvalue weighted by atomic mass is 16.5. The van der Waals surface area contributed by atoms with E-state index in [0.29, 0.717) is 12.0 Å². The standard InChI is InChI=1S/C28H33N5O/c1-21-15-23(19-32(21)17-22-7-3-2-4-8-22)18-31-13-12-26-27(31)11-10-25(30-26)24-16-29-33(20-24)28-9-5-6-14-34-28/h2-4,7-8,10-13,16,20-21,23,28H,5-6,9,14-15,17-19H2,1H3. The number of benzene rings is 1. The van der Waals surface area contributed by atoms with Crippen LogP contribution in [0.3, 0.4) is 0 Å². The van der Waals surface area contributed by atoms with Gasteiger partial charge in [-0.1, -0.05) is 30.3 Å². The summed E-state index contributed by atoms with van der Waals surface area (Å²) in [5.41, 5.74) is 5.67. The molecule has 4 aromatic rings. The van der Waals surface area contributed by atoms with Gasteiger partial charge in [-0.05, 0) is 62.3 Å². The fraction of sp³-hybridized carbons (Fsp3) is 0.429. The molecular weight excluding hydrogens is 422 g/mol. The molecule has 0 radical (unpaired) electrons. The van der Waals surface area contributed by atoms with Crippen LogP contribution >= 0.6 is 0 Å². The van der Waals surface area contributed by atoms with E-state index in [4.69, 9.17) is 9.72 Å². The lowest BCUT2D eigenvalue weighted by Crippen LogP contribution is -2.26. The molecule has 3 atom stereocenters. The summed E-state index contributed by atoms with van der Waals surface area (Å²) in [5, 5.41) is 4.56. The molecule has 0 spiro atoms. The quantitative estimate of drug-likeness (QED) is 0.385. The molecule has 0 N–H and O–H groups in total. The molecule has 3 aromatic heterocycles. The normalized spacial score (nSPS) is 23.6. The maximum absolute atomic E-state index is 5.87. The number of ether oxygens (including phenoxy) is 1. The topological polar surface area (TPSA) is 48.1 Å². The largest absolute Gasteiger partial charge is 0.357 e. The molecule has 0 amide bonds. The second-order valence-corrected chi connectivity index (χ2v) is 9.96. The number of nitrogens with zero attached hydrogens (tertiary/aromatic N) is 5. The van der Waals surface area contributed by atoms with Crippen molar-refractivity contribution in [1.82, 2.24) is 24.2 Å². The predicted molar refractivity (Wildman–Crippen MR) is 134 cm³/mol. The Morgan fingerprint density at radius 2 is 1.97 bits per heavy atom. The lowest BCUT2D eigenvalue weighted by Gasteiger charge is -2.22. The Labute approximate surface area is 201 Å². The van der Waals surface area contributed by atoms with Gasteiger partial charge in [-0.2, -0.15) is 5.10 Å². The average Bonchev–Trinajstić information content (AvgIpc) is 3.60. The highest BCUT2D eigenvalue weighted by Crippen LogP contribution is 2.29. The van der Waals surface area contributed by atoms with E-state index in [-0.39, 0.29) is 6.23 Å². The molecule has 176 valence electrons. The van der Waals surface area contributed by atoms with E-state index in [2.05, 4.69) is 82.4 Å². The minimum Gasteiger partial charge on any atom is -0.357 e. The van der Waals surface area contributed by atoms with E-state index in [1.54, 1.807) is 0 Å². The molecule has 2 saturated heterocycles. The smallest absolute Gasteiger partial charge is 0.150 e. The van der Waals surface area contributed by atoms with Crippen LogP contribution in [-0.4, -0.2) is 43.4 Å². The maximum Gasteiger partial charge on any atom is 0.150 e. The monoisotopic (exact) mass is 455 g/mol. The molecule has 3 unspecified atom stereocenters. The third kappa shape index (κ3) is 4.40. The first-order valence-electron chi connectivity index (χ1n) is 12.6. The van der Waals surface area contributed by atoms with Gasteiger partial charge in [-0.25, -0.2) is 9.67 Å². The summed E-state index contributed by atoms with van der Waals surface area (Å²) in [7, 11) is 0. The van der Waals surface area contributed by atoms with Crippen molar-refractivity contribution in [2.45, 2.75) is 58.0 Å². The molecule has 34 heavy (non-hydrogen) atoms. The Bertz CT molecular complexity index is 1240. The van der Waals surface area contributed by atoms with Crippen LogP contribution in [0.15, 0.2) is 67.1 Å². The van der Waals surface area contributed by atoms with E-state index in [1.807, 2.05) is 10.9 Å².